The van der Waals surface area contributed by atoms with Gasteiger partial charge in [-0.3, -0.25) is 9.10 Å². The average molecular weight is 453 g/mol. The first-order chi connectivity index (χ1) is 15.4. The molecule has 0 aliphatic heterocycles. The van der Waals surface area contributed by atoms with Crippen LogP contribution in [0.2, 0.25) is 0 Å². The predicted octanol–water partition coefficient (Wildman–Crippen LogP) is 4.30. The lowest BCUT2D eigenvalue weighted by molar-refractivity contribution is -0.120. The predicted molar refractivity (Wildman–Crippen MR) is 127 cm³/mol. The fraction of sp³-hybridized carbons (Fsp3) is 0.240. The van der Waals surface area contributed by atoms with Crippen molar-refractivity contribution >= 4 is 21.6 Å². The maximum absolute atomic E-state index is 12.7. The lowest BCUT2D eigenvalue weighted by atomic mass is 10.0. The van der Waals surface area contributed by atoms with Gasteiger partial charge in [0.15, 0.2) is 0 Å². The number of ether oxygens (including phenoxy) is 1. The van der Waals surface area contributed by atoms with Gasteiger partial charge >= 0.3 is 0 Å². The van der Waals surface area contributed by atoms with Crippen LogP contribution in [0.5, 0.6) is 5.75 Å². The summed E-state index contributed by atoms with van der Waals surface area (Å²) >= 11 is 0. The smallest absolute Gasteiger partial charge is 0.241 e. The molecule has 0 unspecified atom stereocenters. The Bertz CT molecular complexity index is 1100. The minimum Gasteiger partial charge on any atom is -0.489 e. The summed E-state index contributed by atoms with van der Waals surface area (Å²) in [7, 11) is -3.66. The number of carbonyl (C=O) groups excluding carboxylic acids is 1. The van der Waals surface area contributed by atoms with Crippen LogP contribution in [0.15, 0.2) is 84.9 Å². The maximum atomic E-state index is 12.7. The number of carbonyl (C=O) groups is 1. The van der Waals surface area contributed by atoms with Gasteiger partial charge in [-0.05, 0) is 41.8 Å². The van der Waals surface area contributed by atoms with Crippen LogP contribution >= 0.6 is 0 Å². The molecule has 0 spiro atoms. The average Bonchev–Trinajstić information content (AvgIpc) is 2.80. The van der Waals surface area contributed by atoms with Crippen molar-refractivity contribution in [2.24, 2.45) is 0 Å². The largest absolute Gasteiger partial charge is 0.489 e. The highest BCUT2D eigenvalue weighted by Crippen LogP contribution is 2.23. The molecule has 0 saturated heterocycles. The van der Waals surface area contributed by atoms with E-state index in [9.17, 15) is 13.2 Å². The van der Waals surface area contributed by atoms with Gasteiger partial charge in [0.25, 0.3) is 0 Å². The molecule has 1 amide bonds. The molecular formula is C25H28N2O4S. The molecule has 7 heteroatoms. The Hall–Kier alpha value is -3.32. The van der Waals surface area contributed by atoms with Crippen LogP contribution in [0.1, 0.15) is 30.5 Å². The zero-order valence-corrected chi connectivity index (χ0v) is 19.1. The third kappa shape index (κ3) is 6.59. The summed E-state index contributed by atoms with van der Waals surface area (Å²) < 4.78 is 31.7. The van der Waals surface area contributed by atoms with Crippen molar-refractivity contribution in [1.29, 1.82) is 0 Å². The number of sulfonamides is 1. The maximum Gasteiger partial charge on any atom is 0.241 e. The highest BCUT2D eigenvalue weighted by atomic mass is 32.2. The first kappa shape index (κ1) is 23.3. The molecule has 168 valence electrons. The molecule has 32 heavy (non-hydrogen) atoms. The van der Waals surface area contributed by atoms with Crippen LogP contribution in [-0.4, -0.2) is 27.1 Å². The molecule has 3 aromatic rings. The fourth-order valence-corrected chi connectivity index (χ4v) is 4.18. The molecule has 0 bridgehead atoms. The van der Waals surface area contributed by atoms with E-state index in [1.165, 1.54) is 0 Å². The van der Waals surface area contributed by atoms with E-state index in [1.807, 2.05) is 67.6 Å². The normalized spacial score (nSPS) is 12.1. The lowest BCUT2D eigenvalue weighted by Gasteiger charge is -2.24. The van der Waals surface area contributed by atoms with Crippen molar-refractivity contribution in [3.63, 3.8) is 0 Å². The summed E-state index contributed by atoms with van der Waals surface area (Å²) in [6.07, 6.45) is 1.79. The first-order valence-corrected chi connectivity index (χ1v) is 12.3. The molecule has 0 saturated carbocycles. The number of rotatable bonds is 10. The molecular weight excluding hydrogens is 424 g/mol. The van der Waals surface area contributed by atoms with Gasteiger partial charge in [-0.25, -0.2) is 8.42 Å². The number of amides is 1. The molecule has 1 N–H and O–H groups in total. The van der Waals surface area contributed by atoms with Crippen LogP contribution < -0.4 is 14.4 Å². The molecule has 0 fully saturated rings. The number of hydrogen-bond donors (Lipinski definition) is 1. The molecule has 0 aliphatic rings. The van der Waals surface area contributed by atoms with Gasteiger partial charge in [0, 0.05) is 0 Å². The number of benzene rings is 3. The lowest BCUT2D eigenvalue weighted by Crippen LogP contribution is -2.41. The first-order valence-electron chi connectivity index (χ1n) is 10.5. The minimum absolute atomic E-state index is 0.182. The summed E-state index contributed by atoms with van der Waals surface area (Å²) in [6.45, 7) is 2.09. The summed E-state index contributed by atoms with van der Waals surface area (Å²) in [5.41, 5.74) is 2.42. The minimum atomic E-state index is -3.66. The van der Waals surface area contributed by atoms with E-state index in [0.717, 1.165) is 21.7 Å². The van der Waals surface area contributed by atoms with E-state index in [-0.39, 0.29) is 18.5 Å². The Morgan fingerprint density at radius 3 is 2.09 bits per heavy atom. The van der Waals surface area contributed by atoms with Gasteiger partial charge in [0.05, 0.1) is 18.0 Å². The topological polar surface area (TPSA) is 75.7 Å². The van der Waals surface area contributed by atoms with Crippen molar-refractivity contribution in [1.82, 2.24) is 5.32 Å². The van der Waals surface area contributed by atoms with E-state index in [2.05, 4.69) is 5.32 Å². The van der Waals surface area contributed by atoms with Gasteiger partial charge in [0.2, 0.25) is 15.9 Å². The van der Waals surface area contributed by atoms with Crippen molar-refractivity contribution < 1.29 is 17.9 Å². The molecule has 3 rings (SSSR count). The Kier molecular flexibility index (Phi) is 7.89. The molecule has 1 atom stereocenters. The highest BCUT2D eigenvalue weighted by Gasteiger charge is 2.22. The van der Waals surface area contributed by atoms with Crippen LogP contribution in [0.25, 0.3) is 0 Å². The van der Waals surface area contributed by atoms with Gasteiger partial charge in [-0.1, -0.05) is 67.6 Å². The standard InChI is InChI=1S/C25H28N2O4S/c1-3-24(21-12-8-5-9-13-21)26-25(28)18-27(32(2,29)30)22-14-16-23(17-15-22)31-19-20-10-6-4-7-11-20/h4-17,24H,3,18-19H2,1-2H3,(H,26,28)/t24-/m1/s1. The monoisotopic (exact) mass is 452 g/mol. The molecule has 0 radical (unpaired) electrons. The van der Waals surface area contributed by atoms with Crippen LogP contribution in [0.4, 0.5) is 5.69 Å². The highest BCUT2D eigenvalue weighted by molar-refractivity contribution is 7.92. The number of nitrogens with zero attached hydrogens (tertiary/aromatic N) is 1. The number of anilines is 1. The molecule has 0 aliphatic carbocycles. The summed E-state index contributed by atoms with van der Waals surface area (Å²) in [5.74, 6) is 0.251. The third-order valence-electron chi connectivity index (χ3n) is 5.01. The van der Waals surface area contributed by atoms with E-state index in [4.69, 9.17) is 4.74 Å². The Labute approximate surface area is 189 Å². The van der Waals surface area contributed by atoms with E-state index in [0.29, 0.717) is 24.5 Å². The zero-order chi connectivity index (χ0) is 23.0. The van der Waals surface area contributed by atoms with Crippen LogP contribution in [-0.2, 0) is 21.4 Å². The SMILES string of the molecule is CC[C@@H](NC(=O)CN(c1ccc(OCc2ccccc2)cc1)S(C)(=O)=O)c1ccccc1. The second-order valence-corrected chi connectivity index (χ2v) is 9.38. The van der Waals surface area contributed by atoms with Crippen molar-refractivity contribution in [3.8, 4) is 5.75 Å². The number of nitrogens with one attached hydrogen (secondary N) is 1. The Morgan fingerprint density at radius 2 is 1.53 bits per heavy atom. The molecule has 3 aromatic carbocycles. The van der Waals surface area contributed by atoms with Crippen LogP contribution in [0, 0.1) is 0 Å². The second-order valence-electron chi connectivity index (χ2n) is 7.48. The zero-order valence-electron chi connectivity index (χ0n) is 18.3. The molecule has 6 nitrogen and oxygen atoms in total. The Morgan fingerprint density at radius 1 is 0.938 bits per heavy atom. The Balaban J connectivity index is 1.67. The summed E-state index contributed by atoms with van der Waals surface area (Å²) in [4.78, 5) is 12.7. The molecule has 0 heterocycles. The van der Waals surface area contributed by atoms with E-state index in [1.54, 1.807) is 24.3 Å². The quantitative estimate of drug-likeness (QED) is 0.498. The van der Waals surface area contributed by atoms with Crippen LogP contribution in [0.3, 0.4) is 0 Å². The summed E-state index contributed by atoms with van der Waals surface area (Å²) in [6, 6.07) is 25.9. The number of hydrogen-bond acceptors (Lipinski definition) is 4. The molecule has 0 aromatic heterocycles. The van der Waals surface area contributed by atoms with Crippen molar-refractivity contribution in [3.05, 3.63) is 96.1 Å². The fourth-order valence-electron chi connectivity index (χ4n) is 3.33. The van der Waals surface area contributed by atoms with Gasteiger partial charge in [0.1, 0.15) is 18.9 Å². The summed E-state index contributed by atoms with van der Waals surface area (Å²) in [5, 5.41) is 2.94. The van der Waals surface area contributed by atoms with Gasteiger partial charge in [-0.15, -0.1) is 0 Å². The second kappa shape index (κ2) is 10.8. The van der Waals surface area contributed by atoms with E-state index >= 15 is 0 Å². The third-order valence-corrected chi connectivity index (χ3v) is 6.15. The van der Waals surface area contributed by atoms with Gasteiger partial charge in [-0.2, -0.15) is 0 Å². The van der Waals surface area contributed by atoms with Crippen molar-refractivity contribution in [2.75, 3.05) is 17.1 Å². The van der Waals surface area contributed by atoms with Gasteiger partial charge < -0.3 is 10.1 Å². The van der Waals surface area contributed by atoms with Crippen molar-refractivity contribution in [2.45, 2.75) is 26.0 Å². The van der Waals surface area contributed by atoms with E-state index < -0.39 is 10.0 Å².